The predicted molar refractivity (Wildman–Crippen MR) is 82.0 cm³/mol. The molecule has 9 heteroatoms. The normalized spacial score (nSPS) is 11.6. The van der Waals surface area contributed by atoms with Crippen molar-refractivity contribution in [2.45, 2.75) is 4.21 Å². The first kappa shape index (κ1) is 15.9. The van der Waals surface area contributed by atoms with Crippen LogP contribution in [0, 0.1) is 0 Å². The van der Waals surface area contributed by atoms with Crippen LogP contribution in [0.25, 0.3) is 0 Å². The van der Waals surface area contributed by atoms with Crippen LogP contribution in [0.15, 0.2) is 40.9 Å². The summed E-state index contributed by atoms with van der Waals surface area (Å²) in [7, 11) is -2.38. The maximum atomic E-state index is 12.2. The summed E-state index contributed by atoms with van der Waals surface area (Å²) in [5.41, 5.74) is 0.507. The zero-order chi connectivity index (χ0) is 15.5. The molecule has 0 saturated carbocycles. The van der Waals surface area contributed by atoms with Crippen molar-refractivity contribution in [3.63, 3.8) is 0 Å². The third-order valence-electron chi connectivity index (χ3n) is 2.52. The highest BCUT2D eigenvalue weighted by molar-refractivity contribution is 7.91. The number of halogens is 1. The summed E-state index contributed by atoms with van der Waals surface area (Å²) in [5, 5.41) is 2.57. The number of likely N-dealkylation sites (N-methyl/N-ethyl adjacent to an activating group) is 1. The lowest BCUT2D eigenvalue weighted by molar-refractivity contribution is -0.116. The molecule has 2 aromatic rings. The third kappa shape index (κ3) is 4.01. The molecule has 6 nitrogen and oxygen atoms in total. The number of anilines is 1. The smallest absolute Gasteiger partial charge is 0.252 e. The summed E-state index contributed by atoms with van der Waals surface area (Å²) in [6, 6.07) is 6.25. The second-order valence-electron chi connectivity index (χ2n) is 4.11. The fourth-order valence-corrected chi connectivity index (χ4v) is 4.34. The molecule has 0 bridgehead atoms. The highest BCUT2D eigenvalue weighted by atomic mass is 35.5. The molecular formula is C12H12ClN3O3S2. The van der Waals surface area contributed by atoms with Crippen molar-refractivity contribution in [3.8, 4) is 0 Å². The number of thiophene rings is 1. The lowest BCUT2D eigenvalue weighted by Crippen LogP contribution is -2.34. The molecule has 0 saturated heterocycles. The van der Waals surface area contributed by atoms with Gasteiger partial charge in [-0.2, -0.15) is 4.31 Å². The zero-order valence-corrected chi connectivity index (χ0v) is 13.4. The third-order valence-corrected chi connectivity index (χ3v) is 6.03. The fourth-order valence-electron chi connectivity index (χ4n) is 1.51. The molecule has 0 aliphatic rings. The minimum Gasteiger partial charge on any atom is -0.324 e. The standard InChI is InChI=1S/C12H12ClN3O3S2/c1-16(21(18,19)12-5-4-10(13)20-12)8-11(17)15-9-3-2-6-14-7-9/h2-7H,8H2,1H3,(H,15,17). The second kappa shape index (κ2) is 6.52. The van der Waals surface area contributed by atoms with Crippen molar-refractivity contribution in [3.05, 3.63) is 41.0 Å². The van der Waals surface area contributed by atoms with Gasteiger partial charge >= 0.3 is 0 Å². The Balaban J connectivity index is 2.04. The number of carbonyl (C=O) groups excluding carboxylic acids is 1. The summed E-state index contributed by atoms with van der Waals surface area (Å²) in [6.07, 6.45) is 3.05. The van der Waals surface area contributed by atoms with Gasteiger partial charge in [0.15, 0.2) is 0 Å². The molecule has 21 heavy (non-hydrogen) atoms. The van der Waals surface area contributed by atoms with Gasteiger partial charge in [-0.3, -0.25) is 9.78 Å². The van der Waals surface area contributed by atoms with Crippen LogP contribution in [0.5, 0.6) is 0 Å². The number of amides is 1. The summed E-state index contributed by atoms with van der Waals surface area (Å²) in [6.45, 7) is -0.299. The number of nitrogens with zero attached hydrogens (tertiary/aromatic N) is 2. The number of aromatic nitrogens is 1. The molecule has 0 aliphatic carbocycles. The Morgan fingerprint density at radius 3 is 2.76 bits per heavy atom. The van der Waals surface area contributed by atoms with Crippen molar-refractivity contribution in [1.82, 2.24) is 9.29 Å². The van der Waals surface area contributed by atoms with Crippen LogP contribution < -0.4 is 5.32 Å². The second-order valence-corrected chi connectivity index (χ2v) is 8.10. The quantitative estimate of drug-likeness (QED) is 0.899. The molecule has 0 radical (unpaired) electrons. The van der Waals surface area contributed by atoms with Crippen LogP contribution in [0.3, 0.4) is 0 Å². The van der Waals surface area contributed by atoms with E-state index < -0.39 is 15.9 Å². The van der Waals surface area contributed by atoms with E-state index in [-0.39, 0.29) is 10.8 Å². The molecule has 0 aliphatic heterocycles. The molecule has 2 rings (SSSR count). The van der Waals surface area contributed by atoms with Crippen molar-refractivity contribution in [2.24, 2.45) is 0 Å². The van der Waals surface area contributed by atoms with Crippen molar-refractivity contribution < 1.29 is 13.2 Å². The van der Waals surface area contributed by atoms with Crippen LogP contribution in [0.1, 0.15) is 0 Å². The molecular weight excluding hydrogens is 334 g/mol. The molecule has 0 spiro atoms. The van der Waals surface area contributed by atoms with Gasteiger partial charge in [0.2, 0.25) is 5.91 Å². The van der Waals surface area contributed by atoms with Crippen LogP contribution in [0.4, 0.5) is 5.69 Å². The fraction of sp³-hybridized carbons (Fsp3) is 0.167. The van der Waals surface area contributed by atoms with Gasteiger partial charge in [-0.25, -0.2) is 8.42 Å². The van der Waals surface area contributed by atoms with Crippen molar-refractivity contribution in [2.75, 3.05) is 18.9 Å². The van der Waals surface area contributed by atoms with Gasteiger partial charge in [0.1, 0.15) is 4.21 Å². The monoisotopic (exact) mass is 345 g/mol. The molecule has 0 fully saturated rings. The summed E-state index contributed by atoms with van der Waals surface area (Å²) in [5.74, 6) is -0.447. The van der Waals surface area contributed by atoms with Gasteiger partial charge in [0.05, 0.1) is 22.8 Å². The minimum atomic E-state index is -3.71. The zero-order valence-electron chi connectivity index (χ0n) is 11.0. The number of nitrogens with one attached hydrogen (secondary N) is 1. The summed E-state index contributed by atoms with van der Waals surface area (Å²) >= 11 is 6.68. The Bertz CT molecular complexity index is 731. The van der Waals surface area contributed by atoms with Crippen LogP contribution in [-0.2, 0) is 14.8 Å². The van der Waals surface area contributed by atoms with Gasteiger partial charge in [0.25, 0.3) is 10.0 Å². The first-order chi connectivity index (χ1) is 9.89. The van der Waals surface area contributed by atoms with Crippen LogP contribution in [-0.4, -0.2) is 37.2 Å². The lowest BCUT2D eigenvalue weighted by Gasteiger charge is -2.15. The number of rotatable bonds is 5. The Labute approximate surface area is 131 Å². The van der Waals surface area contributed by atoms with Crippen LogP contribution in [0.2, 0.25) is 4.34 Å². The van der Waals surface area contributed by atoms with E-state index in [0.717, 1.165) is 15.6 Å². The molecule has 1 amide bonds. The van der Waals surface area contributed by atoms with E-state index in [1.54, 1.807) is 18.3 Å². The van der Waals surface area contributed by atoms with Crippen molar-refractivity contribution >= 4 is 44.6 Å². The Morgan fingerprint density at radius 2 is 2.19 bits per heavy atom. The van der Waals surface area contributed by atoms with E-state index in [0.29, 0.717) is 10.0 Å². The number of pyridine rings is 1. The lowest BCUT2D eigenvalue weighted by atomic mass is 10.4. The van der Waals surface area contributed by atoms with Gasteiger partial charge in [-0.15, -0.1) is 11.3 Å². The van der Waals surface area contributed by atoms with E-state index in [1.165, 1.54) is 25.4 Å². The van der Waals surface area contributed by atoms with E-state index in [9.17, 15) is 13.2 Å². The van der Waals surface area contributed by atoms with E-state index >= 15 is 0 Å². The maximum absolute atomic E-state index is 12.2. The maximum Gasteiger partial charge on any atom is 0.252 e. The Kier molecular flexibility index (Phi) is 4.94. The number of hydrogen-bond donors (Lipinski definition) is 1. The molecule has 0 unspecified atom stereocenters. The molecule has 1 N–H and O–H groups in total. The van der Waals surface area contributed by atoms with Gasteiger partial charge in [-0.05, 0) is 24.3 Å². The number of sulfonamides is 1. The average Bonchev–Trinajstić information content (AvgIpc) is 2.87. The van der Waals surface area contributed by atoms with Crippen molar-refractivity contribution in [1.29, 1.82) is 0 Å². The summed E-state index contributed by atoms with van der Waals surface area (Å²) < 4.78 is 25.9. The van der Waals surface area contributed by atoms with Gasteiger partial charge in [-0.1, -0.05) is 11.6 Å². The molecule has 0 atom stereocenters. The molecule has 2 aromatic heterocycles. The average molecular weight is 346 g/mol. The first-order valence-electron chi connectivity index (χ1n) is 5.81. The highest BCUT2D eigenvalue weighted by Crippen LogP contribution is 2.27. The van der Waals surface area contributed by atoms with E-state index in [2.05, 4.69) is 10.3 Å². The van der Waals surface area contributed by atoms with Gasteiger partial charge in [0, 0.05) is 13.2 Å². The number of carbonyl (C=O) groups is 1. The van der Waals surface area contributed by atoms with E-state index in [1.807, 2.05) is 0 Å². The Morgan fingerprint density at radius 1 is 1.43 bits per heavy atom. The first-order valence-corrected chi connectivity index (χ1v) is 8.44. The summed E-state index contributed by atoms with van der Waals surface area (Å²) in [4.78, 5) is 15.7. The van der Waals surface area contributed by atoms with E-state index in [4.69, 9.17) is 11.6 Å². The highest BCUT2D eigenvalue weighted by Gasteiger charge is 2.24. The van der Waals surface area contributed by atoms with Crippen LogP contribution >= 0.6 is 22.9 Å². The largest absolute Gasteiger partial charge is 0.324 e. The Hall–Kier alpha value is -1.48. The molecule has 2 heterocycles. The predicted octanol–water partition coefficient (Wildman–Crippen LogP) is 2.06. The molecule has 112 valence electrons. The SMILES string of the molecule is CN(CC(=O)Nc1cccnc1)S(=O)(=O)c1ccc(Cl)s1. The topological polar surface area (TPSA) is 79.4 Å². The van der Waals surface area contributed by atoms with Gasteiger partial charge < -0.3 is 5.32 Å². The minimum absolute atomic E-state index is 0.101. The number of hydrogen-bond acceptors (Lipinski definition) is 5. The molecule has 0 aromatic carbocycles.